The van der Waals surface area contributed by atoms with E-state index in [2.05, 4.69) is 12.2 Å². The zero-order chi connectivity index (χ0) is 17.1. The Morgan fingerprint density at radius 2 is 2.00 bits per heavy atom. The molecule has 2 aliphatic rings. The number of nitrogens with one attached hydrogen (secondary N) is 1. The lowest BCUT2D eigenvalue weighted by Crippen LogP contribution is -2.36. The summed E-state index contributed by atoms with van der Waals surface area (Å²) in [4.78, 5) is 26.3. The van der Waals surface area contributed by atoms with E-state index in [-0.39, 0.29) is 18.4 Å². The quantitative estimate of drug-likeness (QED) is 0.869. The van der Waals surface area contributed by atoms with Crippen molar-refractivity contribution < 1.29 is 9.59 Å². The van der Waals surface area contributed by atoms with Gasteiger partial charge >= 0.3 is 0 Å². The molecule has 0 spiro atoms. The summed E-state index contributed by atoms with van der Waals surface area (Å²) in [6.45, 7) is 2.19. The summed E-state index contributed by atoms with van der Waals surface area (Å²) in [6, 6.07) is 7.81. The van der Waals surface area contributed by atoms with Gasteiger partial charge in [-0.2, -0.15) is 0 Å². The second-order valence-electron chi connectivity index (χ2n) is 7.45. The zero-order valence-electron chi connectivity index (χ0n) is 14.8. The van der Waals surface area contributed by atoms with Crippen LogP contribution < -0.4 is 5.32 Å². The normalized spacial score (nSPS) is 24.8. The van der Waals surface area contributed by atoms with Crippen LogP contribution in [0.3, 0.4) is 0 Å². The first kappa shape index (κ1) is 17.0. The molecule has 0 aromatic heterocycles. The Morgan fingerprint density at radius 1 is 1.21 bits per heavy atom. The Balaban J connectivity index is 1.49. The molecule has 0 saturated heterocycles. The zero-order valence-corrected chi connectivity index (χ0v) is 14.8. The van der Waals surface area contributed by atoms with Crippen LogP contribution in [0.4, 0.5) is 5.69 Å². The van der Waals surface area contributed by atoms with Crippen LogP contribution in [-0.2, 0) is 16.0 Å². The molecule has 3 atom stereocenters. The monoisotopic (exact) mass is 328 g/mol. The molecule has 1 N–H and O–H groups in total. The number of hydrogen-bond donors (Lipinski definition) is 1. The lowest BCUT2D eigenvalue weighted by atomic mass is 9.86. The minimum atomic E-state index is -0.125. The van der Waals surface area contributed by atoms with Crippen molar-refractivity contribution in [2.45, 2.75) is 45.4 Å². The summed E-state index contributed by atoms with van der Waals surface area (Å²) in [5.41, 5.74) is 1.96. The first-order valence-corrected chi connectivity index (χ1v) is 9.18. The second-order valence-corrected chi connectivity index (χ2v) is 7.45. The Bertz CT molecular complexity index is 613. The molecule has 0 heterocycles. The molecule has 4 nitrogen and oxygen atoms in total. The summed E-state index contributed by atoms with van der Waals surface area (Å²) < 4.78 is 0. The fourth-order valence-electron chi connectivity index (χ4n) is 4.45. The van der Waals surface area contributed by atoms with Gasteiger partial charge in [-0.1, -0.05) is 31.5 Å². The smallest absolute Gasteiger partial charge is 0.243 e. The number of benzene rings is 1. The fraction of sp³-hybridized carbons (Fsp3) is 0.600. The molecule has 1 aromatic carbocycles. The highest BCUT2D eigenvalue weighted by Crippen LogP contribution is 2.49. The van der Waals surface area contributed by atoms with Crippen molar-refractivity contribution in [3.8, 4) is 0 Å². The molecule has 4 heteroatoms. The van der Waals surface area contributed by atoms with Crippen LogP contribution in [0.2, 0.25) is 0 Å². The Hall–Kier alpha value is -1.84. The third-order valence-corrected chi connectivity index (χ3v) is 5.80. The van der Waals surface area contributed by atoms with Crippen molar-refractivity contribution in [1.29, 1.82) is 0 Å². The van der Waals surface area contributed by atoms with E-state index in [0.717, 1.165) is 29.5 Å². The summed E-state index contributed by atoms with van der Waals surface area (Å²) in [5.74, 6) is 2.12. The van der Waals surface area contributed by atoms with Gasteiger partial charge in [0.2, 0.25) is 11.8 Å². The molecule has 2 saturated carbocycles. The number of hydrogen-bond acceptors (Lipinski definition) is 2. The topological polar surface area (TPSA) is 49.4 Å². The van der Waals surface area contributed by atoms with Crippen LogP contribution in [0.5, 0.6) is 0 Å². The first-order chi connectivity index (χ1) is 11.6. The SMILES string of the molecule is CCc1ccccc1NC(=O)CN(C)C(=O)C[C@@H]1C[C@H]2CC[C@@H]1C2. The number of nitrogens with zero attached hydrogens (tertiary/aromatic N) is 1. The van der Waals surface area contributed by atoms with Crippen LogP contribution >= 0.6 is 0 Å². The number of carbonyl (C=O) groups is 2. The molecule has 2 amide bonds. The van der Waals surface area contributed by atoms with Gasteiger partial charge in [-0.3, -0.25) is 9.59 Å². The van der Waals surface area contributed by atoms with Gasteiger partial charge in [0.05, 0.1) is 6.54 Å². The Kier molecular flexibility index (Phi) is 5.22. The number of amides is 2. The maximum absolute atomic E-state index is 12.4. The first-order valence-electron chi connectivity index (χ1n) is 9.18. The number of fused-ring (bicyclic) bond motifs is 2. The van der Waals surface area contributed by atoms with Crippen molar-refractivity contribution in [3.05, 3.63) is 29.8 Å². The second kappa shape index (κ2) is 7.37. The van der Waals surface area contributed by atoms with Crippen LogP contribution in [0.25, 0.3) is 0 Å². The van der Waals surface area contributed by atoms with E-state index in [1.807, 2.05) is 24.3 Å². The Labute approximate surface area is 144 Å². The van der Waals surface area contributed by atoms with Gasteiger partial charge < -0.3 is 10.2 Å². The number of carbonyl (C=O) groups excluding carboxylic acids is 2. The summed E-state index contributed by atoms with van der Waals surface area (Å²) in [6.07, 6.45) is 6.65. The van der Waals surface area contributed by atoms with E-state index in [1.165, 1.54) is 25.7 Å². The molecule has 0 unspecified atom stereocenters. The van der Waals surface area contributed by atoms with Gasteiger partial charge in [-0.05, 0) is 55.1 Å². The van der Waals surface area contributed by atoms with Crippen molar-refractivity contribution in [3.63, 3.8) is 0 Å². The Morgan fingerprint density at radius 3 is 2.67 bits per heavy atom. The molecule has 2 aliphatic carbocycles. The third kappa shape index (κ3) is 3.80. The summed E-state index contributed by atoms with van der Waals surface area (Å²) in [5, 5.41) is 2.94. The summed E-state index contributed by atoms with van der Waals surface area (Å²) in [7, 11) is 1.74. The molecule has 130 valence electrons. The van der Waals surface area contributed by atoms with E-state index >= 15 is 0 Å². The highest BCUT2D eigenvalue weighted by Gasteiger charge is 2.40. The molecule has 24 heavy (non-hydrogen) atoms. The highest BCUT2D eigenvalue weighted by molar-refractivity contribution is 5.95. The van der Waals surface area contributed by atoms with Crippen LogP contribution in [-0.4, -0.2) is 30.3 Å². The van der Waals surface area contributed by atoms with Crippen molar-refractivity contribution >= 4 is 17.5 Å². The minimum Gasteiger partial charge on any atom is -0.336 e. The van der Waals surface area contributed by atoms with E-state index in [9.17, 15) is 9.59 Å². The van der Waals surface area contributed by atoms with Gasteiger partial charge in [0.15, 0.2) is 0 Å². The molecular weight excluding hydrogens is 300 g/mol. The number of para-hydroxylation sites is 1. The molecule has 2 bridgehead atoms. The lowest BCUT2D eigenvalue weighted by Gasteiger charge is -2.24. The average Bonchev–Trinajstić information content (AvgIpc) is 3.18. The van der Waals surface area contributed by atoms with Crippen molar-refractivity contribution in [1.82, 2.24) is 4.90 Å². The van der Waals surface area contributed by atoms with Gasteiger partial charge in [0.25, 0.3) is 0 Å². The molecule has 1 aromatic rings. The predicted octanol–water partition coefficient (Wildman–Crippen LogP) is 3.47. The van der Waals surface area contributed by atoms with E-state index in [0.29, 0.717) is 12.3 Å². The maximum atomic E-state index is 12.4. The van der Waals surface area contributed by atoms with E-state index < -0.39 is 0 Å². The van der Waals surface area contributed by atoms with E-state index in [4.69, 9.17) is 0 Å². The van der Waals surface area contributed by atoms with Crippen LogP contribution in [0.15, 0.2) is 24.3 Å². The standard InChI is InChI=1S/C20H28N2O2/c1-3-15-6-4-5-7-18(15)21-19(23)13-22(2)20(24)12-17-11-14-8-9-16(17)10-14/h4-7,14,16-17H,3,8-13H2,1-2H3,(H,21,23)/t14-,16+,17-/m0/s1. The fourth-order valence-corrected chi connectivity index (χ4v) is 4.45. The van der Waals surface area contributed by atoms with Gasteiger partial charge in [0.1, 0.15) is 0 Å². The molecule has 0 radical (unpaired) electrons. The lowest BCUT2D eigenvalue weighted by molar-refractivity contribution is -0.134. The number of rotatable bonds is 6. The van der Waals surface area contributed by atoms with Gasteiger partial charge in [-0.25, -0.2) is 0 Å². The van der Waals surface area contributed by atoms with E-state index in [1.54, 1.807) is 11.9 Å². The third-order valence-electron chi connectivity index (χ3n) is 5.80. The maximum Gasteiger partial charge on any atom is 0.243 e. The minimum absolute atomic E-state index is 0.103. The van der Waals surface area contributed by atoms with Gasteiger partial charge in [-0.15, -0.1) is 0 Å². The summed E-state index contributed by atoms with van der Waals surface area (Å²) >= 11 is 0. The largest absolute Gasteiger partial charge is 0.336 e. The van der Waals surface area contributed by atoms with Gasteiger partial charge in [0, 0.05) is 19.2 Å². The highest BCUT2D eigenvalue weighted by atomic mass is 16.2. The predicted molar refractivity (Wildman–Crippen MR) is 95.6 cm³/mol. The number of aryl methyl sites for hydroxylation is 1. The average molecular weight is 328 g/mol. The van der Waals surface area contributed by atoms with Crippen LogP contribution in [0, 0.1) is 17.8 Å². The molecular formula is C20H28N2O2. The number of anilines is 1. The number of likely N-dealkylation sites (N-methyl/N-ethyl adjacent to an activating group) is 1. The van der Waals surface area contributed by atoms with Crippen molar-refractivity contribution in [2.75, 3.05) is 18.9 Å². The van der Waals surface area contributed by atoms with Crippen LogP contribution in [0.1, 0.15) is 44.6 Å². The van der Waals surface area contributed by atoms with Crippen molar-refractivity contribution in [2.24, 2.45) is 17.8 Å². The molecule has 0 aliphatic heterocycles. The molecule has 3 rings (SSSR count). The molecule has 2 fully saturated rings.